The number of carbonyl (C=O) groups is 3. The van der Waals surface area contributed by atoms with Gasteiger partial charge in [0.15, 0.2) is 6.61 Å². The van der Waals surface area contributed by atoms with Gasteiger partial charge in [-0.2, -0.15) is 0 Å². The van der Waals surface area contributed by atoms with E-state index in [0.29, 0.717) is 34.8 Å². The van der Waals surface area contributed by atoms with Crippen molar-refractivity contribution in [3.05, 3.63) is 72.0 Å². The van der Waals surface area contributed by atoms with Crippen molar-refractivity contribution >= 4 is 57.2 Å². The molecule has 0 saturated carbocycles. The molecule has 0 spiro atoms. The first-order valence-electron chi connectivity index (χ1n) is 12.1. The monoisotopic (exact) mass is 534 g/mol. The summed E-state index contributed by atoms with van der Waals surface area (Å²) in [7, 11) is 1.50. The molecule has 2 aliphatic rings. The predicted octanol–water partition coefficient (Wildman–Crippen LogP) is 4.81. The summed E-state index contributed by atoms with van der Waals surface area (Å²) in [4.78, 5) is 39.3. The number of carbonyl (C=O) groups excluding carboxylic acids is 3. The van der Waals surface area contributed by atoms with Crippen LogP contribution in [0.15, 0.2) is 65.1 Å². The van der Waals surface area contributed by atoms with Crippen LogP contribution in [-0.4, -0.2) is 48.2 Å². The average Bonchev–Trinajstić information content (AvgIpc) is 3.59. The molecule has 2 saturated heterocycles. The van der Waals surface area contributed by atoms with Crippen molar-refractivity contribution in [2.75, 3.05) is 24.8 Å². The number of amides is 2. The zero-order valence-corrected chi connectivity index (χ0v) is 21.2. The first-order valence-corrected chi connectivity index (χ1v) is 13.1. The summed E-state index contributed by atoms with van der Waals surface area (Å²) in [6.45, 7) is -0.535. The molecular formula is C28H23FN2O6S. The van der Waals surface area contributed by atoms with Gasteiger partial charge in [0.2, 0.25) is 5.91 Å². The number of benzene rings is 3. The van der Waals surface area contributed by atoms with Gasteiger partial charge in [-0.15, -0.1) is 11.8 Å². The molecule has 0 aliphatic carbocycles. The van der Waals surface area contributed by atoms with Crippen LogP contribution < -0.4 is 10.1 Å². The molecule has 10 heteroatoms. The molecule has 38 heavy (non-hydrogen) atoms. The highest BCUT2D eigenvalue weighted by molar-refractivity contribution is 8.00. The van der Waals surface area contributed by atoms with Gasteiger partial charge in [-0.05, 0) is 36.2 Å². The number of anilines is 1. The Balaban J connectivity index is 1.16. The van der Waals surface area contributed by atoms with Gasteiger partial charge >= 0.3 is 5.97 Å². The van der Waals surface area contributed by atoms with Crippen LogP contribution in [0.1, 0.15) is 18.4 Å². The molecule has 3 aromatic carbocycles. The van der Waals surface area contributed by atoms with Gasteiger partial charge in [-0.3, -0.25) is 9.59 Å². The Kier molecular flexibility index (Phi) is 5.98. The molecule has 1 N–H and O–H groups in total. The van der Waals surface area contributed by atoms with Gasteiger partial charge in [0.25, 0.3) is 5.91 Å². The van der Waals surface area contributed by atoms with Gasteiger partial charge in [-0.1, -0.05) is 30.3 Å². The maximum Gasteiger partial charge on any atom is 0.330 e. The maximum atomic E-state index is 13.5. The maximum absolute atomic E-state index is 13.5. The lowest BCUT2D eigenvalue weighted by Gasteiger charge is -2.33. The first kappa shape index (κ1) is 24.3. The smallest absolute Gasteiger partial charge is 0.330 e. The number of furan rings is 1. The summed E-state index contributed by atoms with van der Waals surface area (Å²) in [6, 6.07) is 16.2. The Labute approximate surface area is 221 Å². The highest BCUT2D eigenvalue weighted by Crippen LogP contribution is 2.54. The zero-order valence-electron chi connectivity index (χ0n) is 20.4. The number of esters is 1. The molecule has 0 radical (unpaired) electrons. The average molecular weight is 535 g/mol. The number of nitrogens with zero attached hydrogens (tertiary/aromatic N) is 1. The number of hydrogen-bond donors (Lipinski definition) is 1. The zero-order chi connectivity index (χ0) is 26.4. The van der Waals surface area contributed by atoms with E-state index in [1.165, 1.54) is 35.9 Å². The molecule has 194 valence electrons. The largest absolute Gasteiger partial charge is 0.495 e. The van der Waals surface area contributed by atoms with E-state index in [1.807, 2.05) is 24.3 Å². The van der Waals surface area contributed by atoms with Crippen LogP contribution in [0.5, 0.6) is 5.75 Å². The summed E-state index contributed by atoms with van der Waals surface area (Å²) in [6.07, 6.45) is 0.787. The highest BCUT2D eigenvalue weighted by atomic mass is 32.2. The second-order valence-corrected chi connectivity index (χ2v) is 10.5. The van der Waals surface area contributed by atoms with Crippen molar-refractivity contribution in [3.63, 3.8) is 0 Å². The molecule has 8 nitrogen and oxygen atoms in total. The summed E-state index contributed by atoms with van der Waals surface area (Å²) in [5, 5.41) is 4.49. The standard InChI is InChI=1S/C28H23FN2O6S/c1-35-24-12-19-18-4-2-3-5-22(18)37-23(19)13-20(24)30-25(32)14-36-27(34)21-15-38-28(11-10-26(33)31(21)28)16-6-8-17(29)9-7-16/h2-9,12-13,21H,10-11,14-15H2,1H3,(H,30,32)/t21-,28-/m1/s1. The van der Waals surface area contributed by atoms with E-state index in [4.69, 9.17) is 13.9 Å². The molecule has 3 heterocycles. The molecule has 2 aliphatic heterocycles. The van der Waals surface area contributed by atoms with E-state index in [-0.39, 0.29) is 18.1 Å². The third-order valence-electron chi connectivity index (χ3n) is 7.01. The van der Waals surface area contributed by atoms with Crippen LogP contribution in [0.4, 0.5) is 10.1 Å². The van der Waals surface area contributed by atoms with Gasteiger partial charge in [0.05, 0.1) is 12.8 Å². The summed E-state index contributed by atoms with van der Waals surface area (Å²) in [5.41, 5.74) is 2.42. The van der Waals surface area contributed by atoms with E-state index in [1.54, 1.807) is 24.3 Å². The summed E-state index contributed by atoms with van der Waals surface area (Å²) >= 11 is 1.46. The fourth-order valence-corrected chi connectivity index (χ4v) is 6.90. The lowest BCUT2D eigenvalue weighted by atomic mass is 10.0. The fraction of sp³-hybridized carbons (Fsp3) is 0.250. The lowest BCUT2D eigenvalue weighted by Crippen LogP contribution is -2.47. The minimum absolute atomic E-state index is 0.172. The third kappa shape index (κ3) is 3.96. The van der Waals surface area contributed by atoms with E-state index < -0.39 is 29.4 Å². The van der Waals surface area contributed by atoms with Crippen molar-refractivity contribution in [1.29, 1.82) is 0 Å². The number of rotatable bonds is 6. The first-order chi connectivity index (χ1) is 18.4. The SMILES string of the molecule is COc1cc2c(cc1NC(=O)COC(=O)[C@H]1CS[C@@]3(c4ccc(F)cc4)CCC(=O)N13)oc1ccccc12. The van der Waals surface area contributed by atoms with Crippen molar-refractivity contribution in [2.24, 2.45) is 0 Å². The van der Waals surface area contributed by atoms with Crippen molar-refractivity contribution in [3.8, 4) is 5.75 Å². The second kappa shape index (κ2) is 9.36. The Morgan fingerprint density at radius 2 is 1.92 bits per heavy atom. The third-order valence-corrected chi connectivity index (χ3v) is 8.61. The molecule has 6 rings (SSSR count). The van der Waals surface area contributed by atoms with Crippen LogP contribution >= 0.6 is 11.8 Å². The van der Waals surface area contributed by atoms with Crippen LogP contribution in [0, 0.1) is 5.82 Å². The van der Waals surface area contributed by atoms with Crippen LogP contribution in [-0.2, 0) is 24.0 Å². The number of fused-ring (bicyclic) bond motifs is 4. The lowest BCUT2D eigenvalue weighted by molar-refractivity contribution is -0.155. The number of halogens is 1. The number of hydrogen-bond acceptors (Lipinski definition) is 7. The minimum Gasteiger partial charge on any atom is -0.495 e. The van der Waals surface area contributed by atoms with Gasteiger partial charge in [0.1, 0.15) is 33.6 Å². The normalized spacial score (nSPS) is 20.6. The topological polar surface area (TPSA) is 98.1 Å². The summed E-state index contributed by atoms with van der Waals surface area (Å²) < 4.78 is 30.2. The van der Waals surface area contributed by atoms with Gasteiger partial charge in [0, 0.05) is 29.0 Å². The predicted molar refractivity (Wildman–Crippen MR) is 140 cm³/mol. The molecule has 0 bridgehead atoms. The quantitative estimate of drug-likeness (QED) is 0.355. The molecule has 4 aromatic rings. The molecular weight excluding hydrogens is 511 g/mol. The highest BCUT2D eigenvalue weighted by Gasteiger charge is 2.57. The second-order valence-electron chi connectivity index (χ2n) is 9.18. The van der Waals surface area contributed by atoms with Crippen molar-refractivity contribution in [2.45, 2.75) is 23.8 Å². The Morgan fingerprint density at radius 3 is 2.71 bits per heavy atom. The van der Waals surface area contributed by atoms with Gasteiger partial charge < -0.3 is 24.1 Å². The Morgan fingerprint density at radius 1 is 1.13 bits per heavy atom. The van der Waals surface area contributed by atoms with Crippen LogP contribution in [0.25, 0.3) is 21.9 Å². The number of thioether (sulfide) groups is 1. The van der Waals surface area contributed by atoms with Crippen LogP contribution in [0.3, 0.4) is 0 Å². The number of methoxy groups -OCH3 is 1. The van der Waals surface area contributed by atoms with Crippen molar-refractivity contribution < 1.29 is 32.7 Å². The molecule has 2 atom stereocenters. The van der Waals surface area contributed by atoms with E-state index in [2.05, 4.69) is 5.32 Å². The van der Waals surface area contributed by atoms with Gasteiger partial charge in [-0.25, -0.2) is 9.18 Å². The molecule has 0 unspecified atom stereocenters. The number of para-hydroxylation sites is 1. The molecule has 2 fully saturated rings. The Bertz CT molecular complexity index is 1590. The fourth-order valence-electron chi connectivity index (χ4n) is 5.27. The summed E-state index contributed by atoms with van der Waals surface area (Å²) in [5.74, 6) is -1.01. The minimum atomic E-state index is -0.839. The van der Waals surface area contributed by atoms with Crippen molar-refractivity contribution in [1.82, 2.24) is 4.90 Å². The van der Waals surface area contributed by atoms with Crippen LogP contribution in [0.2, 0.25) is 0 Å². The number of nitrogens with one attached hydrogen (secondary N) is 1. The Hall–Kier alpha value is -4.05. The molecule has 2 amide bonds. The number of ether oxygens (including phenoxy) is 2. The molecule has 1 aromatic heterocycles. The van der Waals surface area contributed by atoms with E-state index >= 15 is 0 Å². The van der Waals surface area contributed by atoms with E-state index in [0.717, 1.165) is 16.3 Å². The van der Waals surface area contributed by atoms with E-state index in [9.17, 15) is 18.8 Å².